The van der Waals surface area contributed by atoms with Crippen LogP contribution in [0.15, 0.2) is 54.0 Å². The number of anilines is 3. The van der Waals surface area contributed by atoms with Gasteiger partial charge in [-0.25, -0.2) is 9.97 Å². The van der Waals surface area contributed by atoms with Crippen molar-refractivity contribution in [2.75, 3.05) is 17.2 Å². The van der Waals surface area contributed by atoms with Crippen molar-refractivity contribution in [3.05, 3.63) is 65.4 Å². The number of pyridine rings is 1. The molecule has 1 aliphatic carbocycles. The fourth-order valence-electron chi connectivity index (χ4n) is 4.51. The molecule has 1 saturated carbocycles. The molecule has 36 heavy (non-hydrogen) atoms. The number of thiazole rings is 1. The van der Waals surface area contributed by atoms with Crippen molar-refractivity contribution >= 4 is 28.8 Å². The third-order valence-corrected chi connectivity index (χ3v) is 7.16. The maximum absolute atomic E-state index is 10.6. The van der Waals surface area contributed by atoms with Crippen LogP contribution in [0.4, 0.5) is 17.5 Å². The fourth-order valence-corrected chi connectivity index (χ4v) is 5.35. The second kappa shape index (κ2) is 10.3. The van der Waals surface area contributed by atoms with Gasteiger partial charge in [0.25, 0.3) is 0 Å². The summed E-state index contributed by atoms with van der Waals surface area (Å²) in [6, 6.07) is 13.2. The maximum atomic E-state index is 10.6. The van der Waals surface area contributed by atoms with Gasteiger partial charge in [0.1, 0.15) is 16.9 Å². The smallest absolute Gasteiger partial charge is 0.229 e. The first-order chi connectivity index (χ1) is 17.4. The monoisotopic (exact) mass is 504 g/mol. The molecule has 1 fully saturated rings. The van der Waals surface area contributed by atoms with Gasteiger partial charge in [0.2, 0.25) is 5.95 Å². The summed E-state index contributed by atoms with van der Waals surface area (Å²) in [6.07, 6.45) is 0.0553. The summed E-state index contributed by atoms with van der Waals surface area (Å²) in [7, 11) is 0. The molecule has 3 heterocycles. The molecule has 5 N–H and O–H groups in total. The van der Waals surface area contributed by atoms with Gasteiger partial charge in [-0.1, -0.05) is 30.3 Å². The number of aliphatic hydroxyl groups is 3. The highest BCUT2D eigenvalue weighted by Crippen LogP contribution is 2.35. The van der Waals surface area contributed by atoms with Crippen molar-refractivity contribution < 1.29 is 15.3 Å². The zero-order chi connectivity index (χ0) is 25.2. The van der Waals surface area contributed by atoms with Gasteiger partial charge in [-0.15, -0.1) is 11.3 Å². The summed E-state index contributed by atoms with van der Waals surface area (Å²) in [4.78, 5) is 18.4. The predicted octanol–water partition coefficient (Wildman–Crippen LogP) is 3.54. The molecule has 3 aromatic heterocycles. The molecule has 0 saturated heterocycles. The first-order valence-corrected chi connectivity index (χ1v) is 12.6. The van der Waals surface area contributed by atoms with E-state index in [1.807, 2.05) is 61.7 Å². The number of rotatable bonds is 7. The Bertz CT molecular complexity index is 1330. The number of aliphatic hydroxyl groups excluding tert-OH is 3. The van der Waals surface area contributed by atoms with Crippen molar-refractivity contribution in [3.8, 4) is 21.8 Å². The lowest BCUT2D eigenvalue weighted by Crippen LogP contribution is -2.35. The Labute approximate surface area is 213 Å². The maximum Gasteiger partial charge on any atom is 0.229 e. The van der Waals surface area contributed by atoms with Crippen LogP contribution in [0.3, 0.4) is 0 Å². The van der Waals surface area contributed by atoms with Gasteiger partial charge in [0.05, 0.1) is 23.4 Å². The molecule has 0 bridgehead atoms. The van der Waals surface area contributed by atoms with Crippen LogP contribution in [0.2, 0.25) is 0 Å². The zero-order valence-electron chi connectivity index (χ0n) is 20.0. The number of benzene rings is 1. The number of hydrogen-bond acceptors (Lipinski definition) is 10. The number of nitrogens with zero attached hydrogens (tertiary/aromatic N) is 4. The molecule has 9 nitrogen and oxygen atoms in total. The van der Waals surface area contributed by atoms with Crippen molar-refractivity contribution in [2.24, 2.45) is 5.92 Å². The number of nitrogens with one attached hydrogen (secondary N) is 2. The lowest BCUT2D eigenvalue weighted by molar-refractivity contribution is 0.00446. The first-order valence-electron chi connectivity index (χ1n) is 11.8. The molecular weight excluding hydrogens is 476 g/mol. The van der Waals surface area contributed by atoms with Gasteiger partial charge in [-0.05, 0) is 32.4 Å². The SMILES string of the molecule is Cc1cc(Nc2ncc(-c3nc(-c4ccccc4)cs3)c(NC3CC(CO)C(O)C3O)n2)cc(C)n1. The molecule has 0 radical (unpaired) electrons. The van der Waals surface area contributed by atoms with E-state index in [-0.39, 0.29) is 6.61 Å². The lowest BCUT2D eigenvalue weighted by Gasteiger charge is -2.20. The van der Waals surface area contributed by atoms with Crippen LogP contribution >= 0.6 is 11.3 Å². The summed E-state index contributed by atoms with van der Waals surface area (Å²) in [5, 5.41) is 39.7. The molecule has 0 spiro atoms. The van der Waals surface area contributed by atoms with E-state index in [0.29, 0.717) is 23.8 Å². The zero-order valence-corrected chi connectivity index (χ0v) is 20.8. The van der Waals surface area contributed by atoms with Gasteiger partial charge in [0, 0.05) is 46.7 Å². The Morgan fingerprint density at radius 1 is 1.00 bits per heavy atom. The second-order valence-electron chi connectivity index (χ2n) is 9.03. The average Bonchev–Trinajstić information content (AvgIpc) is 3.45. The van der Waals surface area contributed by atoms with Crippen LogP contribution < -0.4 is 10.6 Å². The summed E-state index contributed by atoms with van der Waals surface area (Å²) in [5.41, 5.74) is 5.11. The van der Waals surface area contributed by atoms with E-state index >= 15 is 0 Å². The highest BCUT2D eigenvalue weighted by molar-refractivity contribution is 7.13. The first kappa shape index (κ1) is 24.3. The second-order valence-corrected chi connectivity index (χ2v) is 9.89. The Hall–Kier alpha value is -3.44. The molecule has 10 heteroatoms. The van der Waals surface area contributed by atoms with Gasteiger partial charge < -0.3 is 26.0 Å². The van der Waals surface area contributed by atoms with Crippen LogP contribution in [0, 0.1) is 19.8 Å². The minimum atomic E-state index is -1.04. The third kappa shape index (κ3) is 5.07. The summed E-state index contributed by atoms with van der Waals surface area (Å²) in [5.74, 6) is 0.448. The Morgan fingerprint density at radius 2 is 1.75 bits per heavy atom. The van der Waals surface area contributed by atoms with Crippen molar-refractivity contribution in [1.29, 1.82) is 0 Å². The molecule has 1 aliphatic rings. The Balaban J connectivity index is 1.50. The molecule has 1 aromatic carbocycles. The van der Waals surface area contributed by atoms with Gasteiger partial charge >= 0.3 is 0 Å². The van der Waals surface area contributed by atoms with Crippen LogP contribution in [0.5, 0.6) is 0 Å². The summed E-state index contributed by atoms with van der Waals surface area (Å²) >= 11 is 1.48. The van der Waals surface area contributed by atoms with E-state index < -0.39 is 24.2 Å². The summed E-state index contributed by atoms with van der Waals surface area (Å²) < 4.78 is 0. The Morgan fingerprint density at radius 3 is 2.44 bits per heavy atom. The highest BCUT2D eigenvalue weighted by atomic mass is 32.1. The van der Waals surface area contributed by atoms with E-state index in [0.717, 1.165) is 33.3 Å². The summed E-state index contributed by atoms with van der Waals surface area (Å²) in [6.45, 7) is 3.64. The van der Waals surface area contributed by atoms with Crippen molar-refractivity contribution in [3.63, 3.8) is 0 Å². The van der Waals surface area contributed by atoms with Crippen LogP contribution in [-0.4, -0.2) is 60.1 Å². The molecule has 186 valence electrons. The topological polar surface area (TPSA) is 136 Å². The van der Waals surface area contributed by atoms with E-state index in [9.17, 15) is 15.3 Å². The highest BCUT2D eigenvalue weighted by Gasteiger charge is 2.41. The van der Waals surface area contributed by atoms with Crippen LogP contribution in [-0.2, 0) is 0 Å². The average molecular weight is 505 g/mol. The molecule has 0 aliphatic heterocycles. The van der Waals surface area contributed by atoms with E-state index in [2.05, 4.69) is 20.6 Å². The van der Waals surface area contributed by atoms with Crippen molar-refractivity contribution in [1.82, 2.24) is 19.9 Å². The standard InChI is InChI=1S/C26H28N6O3S/c1-14-8-18(9-15(2)28-14)29-26-27-11-19(25-31-21(13-36-25)16-6-4-3-5-7-16)24(32-26)30-20-10-17(12-33)22(34)23(20)35/h3-9,11,13,17,20,22-23,33-35H,10,12H2,1-2H3,(H2,27,28,29,30,32). The molecule has 4 unspecified atom stereocenters. The van der Waals surface area contributed by atoms with E-state index in [4.69, 9.17) is 9.97 Å². The lowest BCUT2D eigenvalue weighted by atomic mass is 10.1. The minimum Gasteiger partial charge on any atom is -0.396 e. The third-order valence-electron chi connectivity index (χ3n) is 6.29. The van der Waals surface area contributed by atoms with Crippen LogP contribution in [0.1, 0.15) is 17.8 Å². The molecule has 4 aromatic rings. The largest absolute Gasteiger partial charge is 0.396 e. The van der Waals surface area contributed by atoms with E-state index in [1.54, 1.807) is 6.20 Å². The van der Waals surface area contributed by atoms with Crippen molar-refractivity contribution in [2.45, 2.75) is 38.5 Å². The normalized spacial score (nSPS) is 21.5. The number of aromatic nitrogens is 4. The quantitative estimate of drug-likeness (QED) is 0.256. The van der Waals surface area contributed by atoms with Gasteiger partial charge in [-0.3, -0.25) is 4.98 Å². The van der Waals surface area contributed by atoms with Gasteiger partial charge in [0.15, 0.2) is 0 Å². The number of hydrogen-bond donors (Lipinski definition) is 5. The predicted molar refractivity (Wildman–Crippen MR) is 140 cm³/mol. The van der Waals surface area contributed by atoms with Gasteiger partial charge in [-0.2, -0.15) is 4.98 Å². The van der Waals surface area contributed by atoms with Crippen LogP contribution in [0.25, 0.3) is 21.8 Å². The minimum absolute atomic E-state index is 0.201. The molecular formula is C26H28N6O3S. The van der Waals surface area contributed by atoms with E-state index in [1.165, 1.54) is 11.3 Å². The molecule has 5 rings (SSSR count). The molecule has 0 amide bonds. The Kier molecular flexibility index (Phi) is 6.92. The molecule has 4 atom stereocenters. The fraction of sp³-hybridized carbons (Fsp3) is 0.308. The number of aryl methyl sites for hydroxylation is 2.